The zero-order valence-electron chi connectivity index (χ0n) is 4.15. The lowest BCUT2D eigenvalue weighted by molar-refractivity contribution is 0.453. The highest BCUT2D eigenvalue weighted by Crippen LogP contribution is 1.99. The zero-order valence-corrected chi connectivity index (χ0v) is 5.04. The van der Waals surface area contributed by atoms with E-state index < -0.39 is 0 Å². The van der Waals surface area contributed by atoms with Crippen molar-refractivity contribution in [2.75, 3.05) is 13.1 Å². The van der Waals surface area contributed by atoms with Crippen molar-refractivity contribution in [1.29, 1.82) is 0 Å². The Hall–Kier alpha value is 0.270. The molecule has 0 amide bonds. The molecule has 1 heterocycles. The van der Waals surface area contributed by atoms with Gasteiger partial charge in [0.15, 0.2) is 0 Å². The Kier molecular flexibility index (Phi) is 1.97. The van der Waals surface area contributed by atoms with Crippen LogP contribution in [0.3, 0.4) is 0 Å². The predicted octanol–water partition coefficient (Wildman–Crippen LogP) is -0.217. The Balaban J connectivity index is 2.12. The van der Waals surface area contributed by atoms with E-state index in [0.717, 1.165) is 13.1 Å². The number of nitrogens with one attached hydrogen (secondary N) is 2. The van der Waals surface area contributed by atoms with Crippen molar-refractivity contribution in [1.82, 2.24) is 10.9 Å². The maximum atomic E-state index is 4.26. The third-order valence-corrected chi connectivity index (χ3v) is 1.51. The van der Waals surface area contributed by atoms with Crippen molar-refractivity contribution in [3.8, 4) is 0 Å². The second kappa shape index (κ2) is 2.55. The fraction of sp³-hybridized carbons (Fsp3) is 1.00. The average Bonchev–Trinajstić information content (AvgIpc) is 1.69. The molecule has 0 radical (unpaired) electrons. The fourth-order valence-electron chi connectivity index (χ4n) is 0.619. The summed E-state index contributed by atoms with van der Waals surface area (Å²) in [6.45, 7) is 2.04. The highest BCUT2D eigenvalue weighted by molar-refractivity contribution is 7.81. The number of hydrogen-bond acceptors (Lipinski definition) is 3. The number of thiol groups is 1. The highest BCUT2D eigenvalue weighted by atomic mass is 32.1. The molecular weight excluding hydrogens is 108 g/mol. The van der Waals surface area contributed by atoms with Crippen LogP contribution in [0.15, 0.2) is 0 Å². The van der Waals surface area contributed by atoms with Crippen molar-refractivity contribution in [3.63, 3.8) is 0 Å². The molecule has 1 unspecified atom stereocenters. The van der Waals surface area contributed by atoms with Gasteiger partial charge >= 0.3 is 0 Å². The van der Waals surface area contributed by atoms with Crippen molar-refractivity contribution in [2.45, 2.75) is 11.7 Å². The molecule has 3 heteroatoms. The Labute approximate surface area is 49.1 Å². The molecule has 1 fully saturated rings. The van der Waals surface area contributed by atoms with Crippen LogP contribution in [-0.2, 0) is 0 Å². The molecule has 0 aromatic carbocycles. The second-order valence-corrected chi connectivity index (χ2v) is 2.48. The van der Waals surface area contributed by atoms with Gasteiger partial charge in [0, 0.05) is 18.3 Å². The summed E-state index contributed by atoms with van der Waals surface area (Å²) in [6.07, 6.45) is 1.18. The van der Waals surface area contributed by atoms with Gasteiger partial charge in [-0.2, -0.15) is 12.6 Å². The molecular formula is C4H10N2S. The van der Waals surface area contributed by atoms with E-state index in [4.69, 9.17) is 0 Å². The largest absolute Gasteiger partial charge is 0.258 e. The van der Waals surface area contributed by atoms with Crippen molar-refractivity contribution in [2.24, 2.45) is 0 Å². The molecule has 0 aromatic rings. The first-order valence-electron chi connectivity index (χ1n) is 2.53. The minimum Gasteiger partial charge on any atom is -0.258 e. The first-order valence-corrected chi connectivity index (χ1v) is 3.05. The number of hydrazine groups is 1. The molecule has 0 spiro atoms. The third-order valence-electron chi connectivity index (χ3n) is 1.07. The summed E-state index contributed by atoms with van der Waals surface area (Å²) in [5, 5.41) is 0.557. The molecule has 0 bridgehead atoms. The summed E-state index contributed by atoms with van der Waals surface area (Å²) < 4.78 is 0. The van der Waals surface area contributed by atoms with Crippen molar-refractivity contribution >= 4 is 12.6 Å². The van der Waals surface area contributed by atoms with Crippen LogP contribution in [0, 0.1) is 0 Å². The predicted molar refractivity (Wildman–Crippen MR) is 33.4 cm³/mol. The van der Waals surface area contributed by atoms with Crippen molar-refractivity contribution in [3.05, 3.63) is 0 Å². The molecule has 7 heavy (non-hydrogen) atoms. The molecule has 2 nitrogen and oxygen atoms in total. The average molecular weight is 118 g/mol. The summed E-state index contributed by atoms with van der Waals surface area (Å²) in [5.74, 6) is 0. The molecule has 0 aromatic heterocycles. The molecule has 0 aliphatic carbocycles. The van der Waals surface area contributed by atoms with Crippen LogP contribution in [-0.4, -0.2) is 18.3 Å². The monoisotopic (exact) mass is 118 g/mol. The standard InChI is InChI=1S/C4H10N2S/c7-4-1-2-5-6-3-4/h4-7H,1-3H2. The molecule has 1 aliphatic heterocycles. The van der Waals surface area contributed by atoms with Gasteiger partial charge in [0.05, 0.1) is 0 Å². The van der Waals surface area contributed by atoms with Gasteiger partial charge in [-0.05, 0) is 6.42 Å². The van der Waals surface area contributed by atoms with Crippen LogP contribution in [0.2, 0.25) is 0 Å². The van der Waals surface area contributed by atoms with Gasteiger partial charge in [-0.25, -0.2) is 0 Å². The van der Waals surface area contributed by atoms with E-state index in [1.807, 2.05) is 0 Å². The van der Waals surface area contributed by atoms with Crippen LogP contribution in [0.1, 0.15) is 6.42 Å². The minimum atomic E-state index is 0.557. The van der Waals surface area contributed by atoms with E-state index in [1.54, 1.807) is 0 Å². The SMILES string of the molecule is SC1CCNNC1. The molecule has 0 saturated carbocycles. The van der Waals surface area contributed by atoms with E-state index in [2.05, 4.69) is 23.5 Å². The summed E-state index contributed by atoms with van der Waals surface area (Å²) in [5.41, 5.74) is 6.02. The first kappa shape index (κ1) is 5.41. The van der Waals surface area contributed by atoms with Gasteiger partial charge in [-0.15, -0.1) is 0 Å². The summed E-state index contributed by atoms with van der Waals surface area (Å²) in [4.78, 5) is 0. The number of rotatable bonds is 0. The molecule has 42 valence electrons. The first-order chi connectivity index (χ1) is 3.39. The lowest BCUT2D eigenvalue weighted by Crippen LogP contribution is -2.43. The summed E-state index contributed by atoms with van der Waals surface area (Å²) in [6, 6.07) is 0. The Morgan fingerprint density at radius 1 is 1.43 bits per heavy atom. The van der Waals surface area contributed by atoms with Gasteiger partial charge in [-0.1, -0.05) is 0 Å². The zero-order chi connectivity index (χ0) is 5.11. The number of hydrogen-bond donors (Lipinski definition) is 3. The normalized spacial score (nSPS) is 33.0. The van der Waals surface area contributed by atoms with Crippen LogP contribution in [0.25, 0.3) is 0 Å². The van der Waals surface area contributed by atoms with E-state index in [-0.39, 0.29) is 0 Å². The van der Waals surface area contributed by atoms with Crippen LogP contribution in [0.5, 0.6) is 0 Å². The molecule has 1 rings (SSSR count). The Morgan fingerprint density at radius 3 is 2.57 bits per heavy atom. The molecule has 1 saturated heterocycles. The van der Waals surface area contributed by atoms with E-state index in [1.165, 1.54) is 6.42 Å². The van der Waals surface area contributed by atoms with E-state index in [9.17, 15) is 0 Å². The smallest absolute Gasteiger partial charge is 0.0217 e. The second-order valence-electron chi connectivity index (χ2n) is 1.75. The minimum absolute atomic E-state index is 0.557. The van der Waals surface area contributed by atoms with Crippen LogP contribution in [0.4, 0.5) is 0 Å². The maximum absolute atomic E-state index is 4.26. The van der Waals surface area contributed by atoms with Crippen molar-refractivity contribution < 1.29 is 0 Å². The topological polar surface area (TPSA) is 24.1 Å². The Bertz CT molecular complexity index is 51.7. The van der Waals surface area contributed by atoms with Gasteiger partial charge in [-0.3, -0.25) is 10.9 Å². The van der Waals surface area contributed by atoms with Gasteiger partial charge in [0.2, 0.25) is 0 Å². The fourth-order valence-corrected chi connectivity index (χ4v) is 0.840. The lowest BCUT2D eigenvalue weighted by Gasteiger charge is -2.18. The lowest BCUT2D eigenvalue weighted by atomic mass is 10.3. The van der Waals surface area contributed by atoms with E-state index in [0.29, 0.717) is 5.25 Å². The Morgan fingerprint density at radius 2 is 2.29 bits per heavy atom. The molecule has 1 atom stereocenters. The van der Waals surface area contributed by atoms with E-state index >= 15 is 0 Å². The summed E-state index contributed by atoms with van der Waals surface area (Å²) in [7, 11) is 0. The third kappa shape index (κ3) is 1.67. The van der Waals surface area contributed by atoms with Gasteiger partial charge in [0.1, 0.15) is 0 Å². The highest BCUT2D eigenvalue weighted by Gasteiger charge is 2.05. The van der Waals surface area contributed by atoms with Gasteiger partial charge < -0.3 is 0 Å². The quantitative estimate of drug-likeness (QED) is 0.383. The maximum Gasteiger partial charge on any atom is 0.0217 e. The molecule has 1 aliphatic rings. The molecule has 2 N–H and O–H groups in total. The van der Waals surface area contributed by atoms with Crippen LogP contribution >= 0.6 is 12.6 Å². The van der Waals surface area contributed by atoms with Crippen LogP contribution < -0.4 is 10.9 Å². The van der Waals surface area contributed by atoms with Gasteiger partial charge in [0.25, 0.3) is 0 Å². The summed E-state index contributed by atoms with van der Waals surface area (Å²) >= 11 is 4.26.